The number of hydrogen-bond acceptors (Lipinski definition) is 4. The Bertz CT molecular complexity index is 486. The summed E-state index contributed by atoms with van der Waals surface area (Å²) in [5.74, 6) is 0.0243. The van der Waals surface area contributed by atoms with Gasteiger partial charge in [-0.05, 0) is 0 Å². The Labute approximate surface area is 71.0 Å². The summed E-state index contributed by atoms with van der Waals surface area (Å²) in [7, 11) is 0. The zero-order chi connectivity index (χ0) is 8.72. The maximum Gasteiger partial charge on any atom is 0.350 e. The maximum atomic E-state index is 11.0. The molecule has 0 unspecified atom stereocenters. The Morgan fingerprint density at radius 1 is 1.67 bits per heavy atom. The number of halogens is 1. The minimum Gasteiger partial charge on any atom is -0.369 e. The minimum atomic E-state index is -0.424. The van der Waals surface area contributed by atoms with Gasteiger partial charge in [0.05, 0.1) is 0 Å². The van der Waals surface area contributed by atoms with Gasteiger partial charge in [-0.15, -0.1) is 0 Å². The number of fused-ring (bicyclic) bond motifs is 1. The van der Waals surface area contributed by atoms with Crippen molar-refractivity contribution in [2.75, 3.05) is 5.73 Å². The monoisotopic (exact) mass is 185 g/mol. The van der Waals surface area contributed by atoms with Crippen LogP contribution in [-0.4, -0.2) is 19.6 Å². The summed E-state index contributed by atoms with van der Waals surface area (Å²) in [5.41, 5.74) is 5.34. The van der Waals surface area contributed by atoms with Gasteiger partial charge in [-0.3, -0.25) is 0 Å². The number of rotatable bonds is 0. The summed E-state index contributed by atoms with van der Waals surface area (Å²) in [5, 5.41) is 6.09. The van der Waals surface area contributed by atoms with E-state index in [0.29, 0.717) is 5.65 Å². The lowest BCUT2D eigenvalue weighted by atomic mass is 10.6. The highest BCUT2D eigenvalue weighted by molar-refractivity contribution is 6.29. The van der Waals surface area contributed by atoms with E-state index in [0.717, 1.165) is 4.40 Å². The average Bonchev–Trinajstić information content (AvgIpc) is 2.31. The average molecular weight is 186 g/mol. The van der Waals surface area contributed by atoms with Crippen molar-refractivity contribution in [2.24, 2.45) is 0 Å². The molecule has 12 heavy (non-hydrogen) atoms. The first-order valence-electron chi connectivity index (χ1n) is 3.07. The summed E-state index contributed by atoms with van der Waals surface area (Å²) >= 11 is 5.57. The quantitative estimate of drug-likeness (QED) is 0.549. The topological polar surface area (TPSA) is 89.1 Å². The van der Waals surface area contributed by atoms with Gasteiger partial charge >= 0.3 is 5.69 Å². The molecular formula is C5H4ClN5O. The molecule has 2 heterocycles. The second-order valence-corrected chi connectivity index (χ2v) is 2.55. The third-order valence-electron chi connectivity index (χ3n) is 1.40. The fourth-order valence-corrected chi connectivity index (χ4v) is 1.11. The lowest BCUT2D eigenvalue weighted by molar-refractivity contribution is 1.01. The van der Waals surface area contributed by atoms with Gasteiger partial charge in [0, 0.05) is 6.07 Å². The van der Waals surface area contributed by atoms with E-state index >= 15 is 0 Å². The number of anilines is 1. The molecule has 0 aromatic carbocycles. The first-order chi connectivity index (χ1) is 5.68. The number of aromatic amines is 1. The van der Waals surface area contributed by atoms with E-state index in [4.69, 9.17) is 17.3 Å². The fraction of sp³-hybridized carbons (Fsp3) is 0. The minimum absolute atomic E-state index is 0.0243. The summed E-state index contributed by atoms with van der Waals surface area (Å²) in [4.78, 5) is 14.7. The maximum absolute atomic E-state index is 11.0. The number of nitrogens with two attached hydrogens (primary N) is 1. The van der Waals surface area contributed by atoms with Crippen LogP contribution in [0.25, 0.3) is 5.65 Å². The van der Waals surface area contributed by atoms with Crippen LogP contribution in [0.4, 0.5) is 5.95 Å². The number of nitrogen functional groups attached to an aromatic ring is 1. The molecule has 0 atom stereocenters. The lowest BCUT2D eigenvalue weighted by Gasteiger charge is -1.95. The number of aromatic nitrogens is 4. The third-order valence-corrected chi connectivity index (χ3v) is 1.59. The van der Waals surface area contributed by atoms with Crippen molar-refractivity contribution in [2.45, 2.75) is 0 Å². The molecule has 0 amide bonds. The van der Waals surface area contributed by atoms with Gasteiger partial charge in [0.15, 0.2) is 5.65 Å². The van der Waals surface area contributed by atoms with Crippen LogP contribution in [0.15, 0.2) is 10.9 Å². The van der Waals surface area contributed by atoms with Crippen LogP contribution in [0.3, 0.4) is 0 Å². The van der Waals surface area contributed by atoms with E-state index in [1.54, 1.807) is 0 Å². The molecule has 62 valence electrons. The largest absolute Gasteiger partial charge is 0.369 e. The fourth-order valence-electron chi connectivity index (χ4n) is 0.926. The molecule has 0 aliphatic rings. The molecule has 0 aliphatic carbocycles. The molecule has 0 saturated heterocycles. The molecule has 2 rings (SSSR count). The molecule has 6 nitrogen and oxygen atoms in total. The SMILES string of the molecule is Nc1nc(Cl)cc2n[nH]c(=O)n12. The highest BCUT2D eigenvalue weighted by Gasteiger charge is 2.05. The Morgan fingerprint density at radius 2 is 2.42 bits per heavy atom. The van der Waals surface area contributed by atoms with Gasteiger partial charge in [-0.2, -0.15) is 5.10 Å². The van der Waals surface area contributed by atoms with Gasteiger partial charge < -0.3 is 5.73 Å². The van der Waals surface area contributed by atoms with Crippen molar-refractivity contribution in [3.05, 3.63) is 21.7 Å². The van der Waals surface area contributed by atoms with Crippen molar-refractivity contribution >= 4 is 23.2 Å². The Kier molecular flexibility index (Phi) is 1.31. The van der Waals surface area contributed by atoms with Crippen molar-refractivity contribution in [1.29, 1.82) is 0 Å². The normalized spacial score (nSPS) is 10.8. The van der Waals surface area contributed by atoms with Crippen molar-refractivity contribution in [1.82, 2.24) is 19.6 Å². The molecule has 7 heteroatoms. The summed E-state index contributed by atoms with van der Waals surface area (Å²) in [6, 6.07) is 1.44. The number of hydrogen-bond donors (Lipinski definition) is 2. The molecule has 3 N–H and O–H groups in total. The van der Waals surface area contributed by atoms with Gasteiger partial charge in [0.25, 0.3) is 0 Å². The second-order valence-electron chi connectivity index (χ2n) is 2.16. The van der Waals surface area contributed by atoms with Gasteiger partial charge in [0.2, 0.25) is 5.95 Å². The number of nitrogens with one attached hydrogen (secondary N) is 1. The zero-order valence-electron chi connectivity index (χ0n) is 5.78. The summed E-state index contributed by atoms with van der Waals surface area (Å²) in [6.45, 7) is 0. The van der Waals surface area contributed by atoms with Crippen LogP contribution in [0, 0.1) is 0 Å². The van der Waals surface area contributed by atoms with Crippen LogP contribution in [-0.2, 0) is 0 Å². The predicted molar refractivity (Wildman–Crippen MR) is 43.0 cm³/mol. The third kappa shape index (κ3) is 0.850. The highest BCUT2D eigenvalue weighted by atomic mass is 35.5. The lowest BCUT2D eigenvalue weighted by Crippen LogP contribution is -2.14. The second kappa shape index (κ2) is 2.21. The molecule has 0 bridgehead atoms. The van der Waals surface area contributed by atoms with Crippen LogP contribution in [0.5, 0.6) is 0 Å². The van der Waals surface area contributed by atoms with Gasteiger partial charge in [0.1, 0.15) is 5.15 Å². The molecule has 0 radical (unpaired) electrons. The Hall–Kier alpha value is -1.56. The van der Waals surface area contributed by atoms with Gasteiger partial charge in [-0.25, -0.2) is 19.3 Å². The summed E-state index contributed by atoms with van der Waals surface area (Å²) in [6.07, 6.45) is 0. The zero-order valence-corrected chi connectivity index (χ0v) is 6.54. The molecule has 2 aromatic heterocycles. The molecule has 0 fully saturated rings. The van der Waals surface area contributed by atoms with Crippen LogP contribution in [0.1, 0.15) is 0 Å². The highest BCUT2D eigenvalue weighted by Crippen LogP contribution is 2.08. The summed E-state index contributed by atoms with van der Waals surface area (Å²) < 4.78 is 1.13. The van der Waals surface area contributed by atoms with Crippen molar-refractivity contribution in [3.8, 4) is 0 Å². The number of H-pyrrole nitrogens is 1. The van der Waals surface area contributed by atoms with Crippen LogP contribution in [0.2, 0.25) is 5.15 Å². The van der Waals surface area contributed by atoms with Crippen LogP contribution >= 0.6 is 11.6 Å². The molecule has 2 aromatic rings. The van der Waals surface area contributed by atoms with E-state index in [1.807, 2.05) is 0 Å². The predicted octanol–water partition coefficient (Wildman–Crippen LogP) is -0.347. The van der Waals surface area contributed by atoms with E-state index in [-0.39, 0.29) is 11.1 Å². The van der Waals surface area contributed by atoms with E-state index in [2.05, 4.69) is 15.2 Å². The van der Waals surface area contributed by atoms with Crippen LogP contribution < -0.4 is 11.4 Å². The first kappa shape index (κ1) is 7.11. The van der Waals surface area contributed by atoms with Crippen molar-refractivity contribution < 1.29 is 0 Å². The Balaban J connectivity index is 3.03. The molecule has 0 saturated carbocycles. The first-order valence-corrected chi connectivity index (χ1v) is 3.45. The Morgan fingerprint density at radius 3 is 3.17 bits per heavy atom. The number of nitrogens with zero attached hydrogens (tertiary/aromatic N) is 3. The molecule has 0 spiro atoms. The molecule has 0 aliphatic heterocycles. The van der Waals surface area contributed by atoms with Crippen molar-refractivity contribution in [3.63, 3.8) is 0 Å². The smallest absolute Gasteiger partial charge is 0.350 e. The standard InChI is InChI=1S/C5H4ClN5O/c6-2-1-3-9-10-5(12)11(3)4(7)8-2/h1H,(H2,7,8)(H,10,12). The van der Waals surface area contributed by atoms with Gasteiger partial charge in [-0.1, -0.05) is 11.6 Å². The molecular weight excluding hydrogens is 182 g/mol. The van der Waals surface area contributed by atoms with E-state index in [9.17, 15) is 4.79 Å². The van der Waals surface area contributed by atoms with E-state index < -0.39 is 5.69 Å². The van der Waals surface area contributed by atoms with E-state index in [1.165, 1.54) is 6.07 Å².